The zero-order valence-corrected chi connectivity index (χ0v) is 14.2. The van der Waals surface area contributed by atoms with Crippen LogP contribution in [0.3, 0.4) is 0 Å². The standard InChI is InChI=1S/C19H22N4O2/c1-14-6-5-9-17(20-14)18(24)21-16-10-12-23(13-11-16)19(25)22-15-7-3-2-4-8-15/h2-9,16H,10-13H2,1H3,(H,21,24)(H,22,25). The zero-order valence-electron chi connectivity index (χ0n) is 14.2. The number of rotatable bonds is 3. The minimum Gasteiger partial charge on any atom is -0.348 e. The predicted molar refractivity (Wildman–Crippen MR) is 96.5 cm³/mol. The molecule has 2 aromatic rings. The second-order valence-electron chi connectivity index (χ2n) is 6.20. The van der Waals surface area contributed by atoms with Gasteiger partial charge in [0.25, 0.3) is 5.91 Å². The average molecular weight is 338 g/mol. The highest BCUT2D eigenvalue weighted by molar-refractivity contribution is 5.92. The quantitative estimate of drug-likeness (QED) is 0.904. The summed E-state index contributed by atoms with van der Waals surface area (Å²) in [5, 5.41) is 5.90. The monoisotopic (exact) mass is 338 g/mol. The van der Waals surface area contributed by atoms with Crippen LogP contribution in [0.4, 0.5) is 10.5 Å². The van der Waals surface area contributed by atoms with Gasteiger partial charge in [-0.3, -0.25) is 4.79 Å². The van der Waals surface area contributed by atoms with Crippen LogP contribution in [-0.4, -0.2) is 41.0 Å². The molecule has 25 heavy (non-hydrogen) atoms. The van der Waals surface area contributed by atoms with E-state index in [0.29, 0.717) is 18.8 Å². The highest BCUT2D eigenvalue weighted by Gasteiger charge is 2.24. The Hall–Kier alpha value is -2.89. The number of pyridine rings is 1. The van der Waals surface area contributed by atoms with Crippen molar-refractivity contribution in [3.63, 3.8) is 0 Å². The number of likely N-dealkylation sites (tertiary alicyclic amines) is 1. The second kappa shape index (κ2) is 7.79. The van der Waals surface area contributed by atoms with Gasteiger partial charge >= 0.3 is 6.03 Å². The maximum atomic E-state index is 12.3. The molecule has 1 aromatic carbocycles. The first-order chi connectivity index (χ1) is 12.1. The van der Waals surface area contributed by atoms with Crippen molar-refractivity contribution >= 4 is 17.6 Å². The fraction of sp³-hybridized carbons (Fsp3) is 0.316. The van der Waals surface area contributed by atoms with Gasteiger partial charge in [0.05, 0.1) is 0 Å². The zero-order chi connectivity index (χ0) is 17.6. The molecule has 2 heterocycles. The van der Waals surface area contributed by atoms with Gasteiger partial charge in [-0.2, -0.15) is 0 Å². The lowest BCUT2D eigenvalue weighted by atomic mass is 10.1. The van der Waals surface area contributed by atoms with Crippen molar-refractivity contribution in [3.05, 3.63) is 59.9 Å². The number of nitrogens with one attached hydrogen (secondary N) is 2. The highest BCUT2D eigenvalue weighted by Crippen LogP contribution is 2.14. The average Bonchev–Trinajstić information content (AvgIpc) is 2.63. The van der Waals surface area contributed by atoms with Crippen LogP contribution in [-0.2, 0) is 0 Å². The van der Waals surface area contributed by atoms with Crippen molar-refractivity contribution in [2.75, 3.05) is 18.4 Å². The molecule has 0 unspecified atom stereocenters. The lowest BCUT2D eigenvalue weighted by Gasteiger charge is -2.32. The van der Waals surface area contributed by atoms with E-state index in [1.807, 2.05) is 49.4 Å². The lowest BCUT2D eigenvalue weighted by Crippen LogP contribution is -2.47. The number of carbonyl (C=O) groups excluding carboxylic acids is 2. The molecule has 1 saturated heterocycles. The number of amides is 3. The smallest absolute Gasteiger partial charge is 0.321 e. The maximum Gasteiger partial charge on any atom is 0.321 e. The van der Waals surface area contributed by atoms with Crippen LogP contribution >= 0.6 is 0 Å². The fourth-order valence-corrected chi connectivity index (χ4v) is 2.88. The summed E-state index contributed by atoms with van der Waals surface area (Å²) in [5.74, 6) is -0.157. The summed E-state index contributed by atoms with van der Waals surface area (Å²) >= 11 is 0. The van der Waals surface area contributed by atoms with Crippen molar-refractivity contribution in [1.82, 2.24) is 15.2 Å². The number of hydrogen-bond acceptors (Lipinski definition) is 3. The summed E-state index contributed by atoms with van der Waals surface area (Å²) in [5.41, 5.74) is 2.04. The molecule has 2 N–H and O–H groups in total. The van der Waals surface area contributed by atoms with Crippen LogP contribution in [0.25, 0.3) is 0 Å². The van der Waals surface area contributed by atoms with Crippen LogP contribution in [0, 0.1) is 6.92 Å². The first-order valence-corrected chi connectivity index (χ1v) is 8.47. The molecule has 1 aliphatic heterocycles. The Balaban J connectivity index is 1.48. The molecule has 1 aliphatic rings. The van der Waals surface area contributed by atoms with E-state index < -0.39 is 0 Å². The third-order valence-electron chi connectivity index (χ3n) is 4.26. The Morgan fingerprint density at radius 3 is 2.44 bits per heavy atom. The van der Waals surface area contributed by atoms with Gasteiger partial charge in [-0.15, -0.1) is 0 Å². The Kier molecular flexibility index (Phi) is 5.28. The minimum atomic E-state index is -0.157. The van der Waals surface area contributed by atoms with Gasteiger partial charge in [0.1, 0.15) is 5.69 Å². The Morgan fingerprint density at radius 2 is 1.76 bits per heavy atom. The summed E-state index contributed by atoms with van der Waals surface area (Å²) < 4.78 is 0. The van der Waals surface area contributed by atoms with E-state index >= 15 is 0 Å². The van der Waals surface area contributed by atoms with E-state index in [9.17, 15) is 9.59 Å². The van der Waals surface area contributed by atoms with Crippen molar-refractivity contribution in [1.29, 1.82) is 0 Å². The van der Waals surface area contributed by atoms with E-state index in [4.69, 9.17) is 0 Å². The number of aryl methyl sites for hydroxylation is 1. The number of urea groups is 1. The number of carbonyl (C=O) groups is 2. The molecule has 1 fully saturated rings. The van der Waals surface area contributed by atoms with Gasteiger partial charge in [0, 0.05) is 30.5 Å². The topological polar surface area (TPSA) is 74.3 Å². The summed E-state index contributed by atoms with van der Waals surface area (Å²) in [4.78, 5) is 30.5. The molecule has 6 heteroatoms. The number of anilines is 1. The lowest BCUT2D eigenvalue weighted by molar-refractivity contribution is 0.0914. The third-order valence-corrected chi connectivity index (χ3v) is 4.26. The molecule has 130 valence electrons. The fourth-order valence-electron chi connectivity index (χ4n) is 2.88. The Bertz CT molecular complexity index is 740. The summed E-state index contributed by atoms with van der Waals surface area (Å²) in [6.07, 6.45) is 1.47. The van der Waals surface area contributed by atoms with Gasteiger partial charge in [-0.1, -0.05) is 24.3 Å². The number of benzene rings is 1. The predicted octanol–water partition coefficient (Wildman–Crippen LogP) is 2.82. The van der Waals surface area contributed by atoms with E-state index in [1.54, 1.807) is 11.0 Å². The van der Waals surface area contributed by atoms with Crippen molar-refractivity contribution in [2.45, 2.75) is 25.8 Å². The molecule has 6 nitrogen and oxygen atoms in total. The van der Waals surface area contributed by atoms with Crippen LogP contribution in [0.2, 0.25) is 0 Å². The molecule has 0 radical (unpaired) electrons. The number of piperidine rings is 1. The molecule has 1 aromatic heterocycles. The van der Waals surface area contributed by atoms with E-state index in [0.717, 1.165) is 24.2 Å². The molecule has 3 amide bonds. The Morgan fingerprint density at radius 1 is 1.04 bits per heavy atom. The van der Waals surface area contributed by atoms with E-state index in [2.05, 4.69) is 15.6 Å². The normalized spacial score (nSPS) is 14.8. The molecule has 0 saturated carbocycles. The van der Waals surface area contributed by atoms with Gasteiger partial charge in [0.2, 0.25) is 0 Å². The molecule has 0 spiro atoms. The van der Waals surface area contributed by atoms with E-state index in [-0.39, 0.29) is 18.0 Å². The molecule has 0 atom stereocenters. The van der Waals surface area contributed by atoms with Crippen LogP contribution in [0.5, 0.6) is 0 Å². The molecular weight excluding hydrogens is 316 g/mol. The summed E-state index contributed by atoms with van der Waals surface area (Å²) in [7, 11) is 0. The maximum absolute atomic E-state index is 12.3. The molecule has 0 aliphatic carbocycles. The third kappa shape index (κ3) is 4.56. The summed E-state index contributed by atoms with van der Waals surface area (Å²) in [6.45, 7) is 3.09. The number of hydrogen-bond donors (Lipinski definition) is 2. The van der Waals surface area contributed by atoms with E-state index in [1.165, 1.54) is 0 Å². The summed E-state index contributed by atoms with van der Waals surface area (Å²) in [6, 6.07) is 14.8. The van der Waals surface area contributed by atoms with Gasteiger partial charge in [0.15, 0.2) is 0 Å². The first kappa shape index (κ1) is 17.0. The number of aromatic nitrogens is 1. The van der Waals surface area contributed by atoms with Crippen molar-refractivity contribution in [2.24, 2.45) is 0 Å². The van der Waals surface area contributed by atoms with Crippen molar-refractivity contribution in [3.8, 4) is 0 Å². The number of nitrogens with zero attached hydrogens (tertiary/aromatic N) is 2. The highest BCUT2D eigenvalue weighted by atomic mass is 16.2. The molecule has 3 rings (SSSR count). The Labute approximate surface area is 147 Å². The largest absolute Gasteiger partial charge is 0.348 e. The van der Waals surface area contributed by atoms with Gasteiger partial charge < -0.3 is 15.5 Å². The van der Waals surface area contributed by atoms with Crippen LogP contribution in [0.1, 0.15) is 29.0 Å². The number of para-hydroxylation sites is 1. The second-order valence-corrected chi connectivity index (χ2v) is 6.20. The van der Waals surface area contributed by atoms with Gasteiger partial charge in [-0.05, 0) is 44.0 Å². The van der Waals surface area contributed by atoms with Crippen molar-refractivity contribution < 1.29 is 9.59 Å². The first-order valence-electron chi connectivity index (χ1n) is 8.47. The molecular formula is C19H22N4O2. The minimum absolute atomic E-state index is 0.0654. The molecule has 0 bridgehead atoms. The van der Waals surface area contributed by atoms with Crippen LogP contribution < -0.4 is 10.6 Å². The SMILES string of the molecule is Cc1cccc(C(=O)NC2CCN(C(=O)Nc3ccccc3)CC2)n1. The van der Waals surface area contributed by atoms with Gasteiger partial charge in [-0.25, -0.2) is 9.78 Å². The van der Waals surface area contributed by atoms with Crippen LogP contribution in [0.15, 0.2) is 48.5 Å².